The maximum atomic E-state index is 9.67. The molecule has 1 heterocycles. The normalized spacial score (nSPS) is 13.4. The first-order valence-electron chi connectivity index (χ1n) is 6.97. The van der Waals surface area contributed by atoms with Crippen molar-refractivity contribution < 1.29 is 9.84 Å². The van der Waals surface area contributed by atoms with Crippen molar-refractivity contribution in [2.45, 2.75) is 0 Å². The Balaban J connectivity index is 2.02. The quantitative estimate of drug-likeness (QED) is 0.714. The van der Waals surface area contributed by atoms with Crippen LogP contribution in [0.5, 0.6) is 11.5 Å². The summed E-state index contributed by atoms with van der Waals surface area (Å²) in [7, 11) is 0. The summed E-state index contributed by atoms with van der Waals surface area (Å²) >= 11 is 0. The van der Waals surface area contributed by atoms with Crippen LogP contribution in [0.1, 0.15) is 11.1 Å². The van der Waals surface area contributed by atoms with Crippen molar-refractivity contribution in [3.8, 4) is 11.5 Å². The van der Waals surface area contributed by atoms with Gasteiger partial charge in [0.1, 0.15) is 18.1 Å². The standard InChI is InChI=1S/C19H14O2/c20-15-7-8-16-14(12-15)6-9-18-19(16)17(10-11-21-18)13-4-2-1-3-5-13/h1-10,12,20H,11H2. The van der Waals surface area contributed by atoms with Gasteiger partial charge >= 0.3 is 0 Å². The van der Waals surface area contributed by atoms with E-state index in [1.807, 2.05) is 36.4 Å². The van der Waals surface area contributed by atoms with Crippen LogP contribution < -0.4 is 4.74 Å². The molecule has 3 aromatic rings. The fourth-order valence-corrected chi connectivity index (χ4v) is 2.89. The van der Waals surface area contributed by atoms with Gasteiger partial charge in [-0.2, -0.15) is 0 Å². The third-order valence-corrected chi connectivity index (χ3v) is 3.85. The van der Waals surface area contributed by atoms with Crippen LogP contribution in [-0.2, 0) is 0 Å². The average Bonchev–Trinajstić information content (AvgIpc) is 2.54. The Morgan fingerprint density at radius 3 is 2.62 bits per heavy atom. The molecule has 0 unspecified atom stereocenters. The van der Waals surface area contributed by atoms with Gasteiger partial charge in [-0.15, -0.1) is 0 Å². The lowest BCUT2D eigenvalue weighted by atomic mass is 9.91. The predicted octanol–water partition coefficient (Wildman–Crippen LogP) is 4.37. The largest absolute Gasteiger partial charge is 0.508 e. The number of rotatable bonds is 1. The van der Waals surface area contributed by atoms with Crippen molar-refractivity contribution in [1.29, 1.82) is 0 Å². The van der Waals surface area contributed by atoms with Crippen molar-refractivity contribution in [2.24, 2.45) is 0 Å². The van der Waals surface area contributed by atoms with Crippen molar-refractivity contribution in [1.82, 2.24) is 0 Å². The predicted molar refractivity (Wildman–Crippen MR) is 84.6 cm³/mol. The van der Waals surface area contributed by atoms with E-state index in [4.69, 9.17) is 4.74 Å². The van der Waals surface area contributed by atoms with E-state index >= 15 is 0 Å². The number of aromatic hydroxyl groups is 1. The van der Waals surface area contributed by atoms with Gasteiger partial charge in [-0.25, -0.2) is 0 Å². The minimum atomic E-state index is 0.282. The second-order valence-corrected chi connectivity index (χ2v) is 5.14. The third-order valence-electron chi connectivity index (χ3n) is 3.85. The number of fused-ring (bicyclic) bond motifs is 3. The van der Waals surface area contributed by atoms with E-state index in [1.54, 1.807) is 12.1 Å². The van der Waals surface area contributed by atoms with Gasteiger partial charge < -0.3 is 9.84 Å². The lowest BCUT2D eigenvalue weighted by molar-refractivity contribution is 0.358. The maximum absolute atomic E-state index is 9.67. The van der Waals surface area contributed by atoms with Gasteiger partial charge in [0.15, 0.2) is 0 Å². The average molecular weight is 274 g/mol. The summed E-state index contributed by atoms with van der Waals surface area (Å²) in [6.07, 6.45) is 2.12. The number of hydrogen-bond acceptors (Lipinski definition) is 2. The van der Waals surface area contributed by atoms with Gasteiger partial charge in [0, 0.05) is 5.56 Å². The lowest BCUT2D eigenvalue weighted by Crippen LogP contribution is -2.06. The van der Waals surface area contributed by atoms with E-state index < -0.39 is 0 Å². The first-order valence-corrected chi connectivity index (χ1v) is 6.97. The van der Waals surface area contributed by atoms with Gasteiger partial charge in [0.25, 0.3) is 0 Å². The number of ether oxygens (including phenoxy) is 1. The highest BCUT2D eigenvalue weighted by Gasteiger charge is 2.18. The lowest BCUT2D eigenvalue weighted by Gasteiger charge is -2.21. The van der Waals surface area contributed by atoms with Gasteiger partial charge in [-0.1, -0.05) is 36.4 Å². The molecule has 0 bridgehead atoms. The second kappa shape index (κ2) is 4.67. The van der Waals surface area contributed by atoms with Gasteiger partial charge in [-0.3, -0.25) is 0 Å². The molecule has 0 saturated carbocycles. The van der Waals surface area contributed by atoms with Gasteiger partial charge in [0.2, 0.25) is 0 Å². The Bertz CT molecular complexity index is 848. The summed E-state index contributed by atoms with van der Waals surface area (Å²) in [6.45, 7) is 0.584. The first-order chi connectivity index (χ1) is 10.3. The van der Waals surface area contributed by atoms with Gasteiger partial charge in [0.05, 0.1) is 0 Å². The van der Waals surface area contributed by atoms with Crippen molar-refractivity contribution in [2.75, 3.05) is 6.61 Å². The van der Waals surface area contributed by atoms with Crippen LogP contribution >= 0.6 is 0 Å². The zero-order valence-electron chi connectivity index (χ0n) is 11.4. The Morgan fingerprint density at radius 1 is 0.905 bits per heavy atom. The molecule has 4 rings (SSSR count). The molecule has 3 aromatic carbocycles. The summed E-state index contributed by atoms with van der Waals surface area (Å²) in [5.41, 5.74) is 3.47. The van der Waals surface area contributed by atoms with Crippen LogP contribution in [0.3, 0.4) is 0 Å². The highest BCUT2D eigenvalue weighted by Crippen LogP contribution is 2.40. The number of phenols is 1. The van der Waals surface area contributed by atoms with Crippen LogP contribution in [0.25, 0.3) is 16.3 Å². The van der Waals surface area contributed by atoms with Crippen LogP contribution in [0.4, 0.5) is 0 Å². The van der Waals surface area contributed by atoms with E-state index in [9.17, 15) is 5.11 Å². The maximum Gasteiger partial charge on any atom is 0.128 e. The SMILES string of the molecule is Oc1ccc2c3c(ccc2c1)OCC=C3c1ccccc1. The van der Waals surface area contributed by atoms with Crippen molar-refractivity contribution in [3.63, 3.8) is 0 Å². The molecule has 0 fully saturated rings. The number of hydrogen-bond donors (Lipinski definition) is 1. The van der Waals surface area contributed by atoms with Crippen molar-refractivity contribution in [3.05, 3.63) is 77.9 Å². The molecule has 0 amide bonds. The Hall–Kier alpha value is -2.74. The van der Waals surface area contributed by atoms with E-state index in [0.29, 0.717) is 6.61 Å². The summed E-state index contributed by atoms with van der Waals surface area (Å²) in [6, 6.07) is 19.8. The Labute approximate surface area is 122 Å². The highest BCUT2D eigenvalue weighted by atomic mass is 16.5. The summed E-state index contributed by atoms with van der Waals surface area (Å²) in [5, 5.41) is 11.8. The highest BCUT2D eigenvalue weighted by molar-refractivity contribution is 6.01. The molecule has 0 radical (unpaired) electrons. The topological polar surface area (TPSA) is 29.5 Å². The van der Waals surface area contributed by atoms with Crippen LogP contribution in [-0.4, -0.2) is 11.7 Å². The number of phenolic OH excluding ortho intramolecular Hbond substituents is 1. The number of benzene rings is 3. The molecule has 1 aliphatic heterocycles. The molecule has 0 aliphatic carbocycles. The Kier molecular flexibility index (Phi) is 2.68. The zero-order valence-corrected chi connectivity index (χ0v) is 11.4. The smallest absolute Gasteiger partial charge is 0.128 e. The zero-order chi connectivity index (χ0) is 14.2. The molecule has 1 N–H and O–H groups in total. The summed E-state index contributed by atoms with van der Waals surface area (Å²) in [4.78, 5) is 0. The fourth-order valence-electron chi connectivity index (χ4n) is 2.89. The molecule has 102 valence electrons. The third kappa shape index (κ3) is 1.96. The van der Waals surface area contributed by atoms with Crippen molar-refractivity contribution >= 4 is 16.3 Å². The van der Waals surface area contributed by atoms with E-state index in [0.717, 1.165) is 22.1 Å². The fraction of sp³-hybridized carbons (Fsp3) is 0.0526. The second-order valence-electron chi connectivity index (χ2n) is 5.14. The molecule has 0 spiro atoms. The monoisotopic (exact) mass is 274 g/mol. The van der Waals surface area contributed by atoms with E-state index in [2.05, 4.69) is 18.2 Å². The summed E-state index contributed by atoms with van der Waals surface area (Å²) < 4.78 is 5.77. The molecule has 1 aliphatic rings. The molecule has 2 nitrogen and oxygen atoms in total. The molecule has 21 heavy (non-hydrogen) atoms. The summed E-state index contributed by atoms with van der Waals surface area (Å²) in [5.74, 6) is 1.18. The molecule has 0 saturated heterocycles. The molecular weight excluding hydrogens is 260 g/mol. The van der Waals surface area contributed by atoms with Crippen LogP contribution in [0.2, 0.25) is 0 Å². The molecular formula is C19H14O2. The minimum absolute atomic E-state index is 0.282. The molecule has 2 heteroatoms. The van der Waals surface area contributed by atoms with Crippen LogP contribution in [0, 0.1) is 0 Å². The minimum Gasteiger partial charge on any atom is -0.508 e. The molecule has 0 aromatic heterocycles. The molecule has 0 atom stereocenters. The van der Waals surface area contributed by atoms with Gasteiger partial charge in [-0.05, 0) is 52.3 Å². The Morgan fingerprint density at radius 2 is 1.76 bits per heavy atom. The van der Waals surface area contributed by atoms with Crippen LogP contribution in [0.15, 0.2) is 66.7 Å². The first kappa shape index (κ1) is 12.0. The van der Waals surface area contributed by atoms with E-state index in [1.165, 1.54) is 11.1 Å². The van der Waals surface area contributed by atoms with E-state index in [-0.39, 0.29) is 5.75 Å².